The lowest BCUT2D eigenvalue weighted by atomic mass is 9.83. The van der Waals surface area contributed by atoms with Crippen LogP contribution < -0.4 is 5.32 Å². The lowest BCUT2D eigenvalue weighted by molar-refractivity contribution is -0.134. The Labute approximate surface area is 154 Å². The number of nitrogens with zero attached hydrogens (tertiary/aromatic N) is 1. The second kappa shape index (κ2) is 12.8. The summed E-state index contributed by atoms with van der Waals surface area (Å²) in [6, 6.07) is 8.58. The van der Waals surface area contributed by atoms with Crippen molar-refractivity contribution in [1.82, 2.24) is 10.2 Å². The number of carbonyl (C=O) groups is 2. The molecule has 5 heteroatoms. The Bertz CT molecular complexity index is 503. The summed E-state index contributed by atoms with van der Waals surface area (Å²) in [4.78, 5) is 22.7. The van der Waals surface area contributed by atoms with Crippen LogP contribution in [0.2, 0.25) is 0 Å². The van der Waals surface area contributed by atoms with Gasteiger partial charge >= 0.3 is 0 Å². The molecular weight excluding hydrogens is 368 g/mol. The predicted octanol–water partition coefficient (Wildman–Crippen LogP) is 4.12. The summed E-state index contributed by atoms with van der Waals surface area (Å²) in [7, 11) is 0. The summed E-state index contributed by atoms with van der Waals surface area (Å²) in [6.07, 6.45) is 3.11. The summed E-state index contributed by atoms with van der Waals surface area (Å²) in [5, 5.41) is 2.52. The Hall–Kier alpha value is -1.62. The van der Waals surface area contributed by atoms with Crippen LogP contribution in [0.1, 0.15) is 45.6 Å². The van der Waals surface area contributed by atoms with Crippen LogP contribution in [0.4, 0.5) is 0 Å². The number of nitrogens with one attached hydrogen (secondary N) is 1. The number of benzene rings is 1. The molecule has 4 nitrogen and oxygen atoms in total. The average molecular weight is 397 g/mol. The number of likely N-dealkylation sites (tertiary alicyclic amines) is 1. The van der Waals surface area contributed by atoms with Gasteiger partial charge in [-0.15, -0.1) is 0 Å². The minimum Gasteiger partial charge on any atom is -0.359 e. The van der Waals surface area contributed by atoms with Gasteiger partial charge in [0.15, 0.2) is 0 Å². The molecule has 1 aromatic carbocycles. The molecule has 0 aromatic heterocycles. The van der Waals surface area contributed by atoms with Gasteiger partial charge in [0.05, 0.1) is 0 Å². The maximum absolute atomic E-state index is 11.4. The highest BCUT2D eigenvalue weighted by Crippen LogP contribution is 2.34. The Morgan fingerprint density at radius 2 is 1.96 bits per heavy atom. The average Bonchev–Trinajstić information content (AvgIpc) is 2.62. The van der Waals surface area contributed by atoms with E-state index in [2.05, 4.69) is 46.9 Å². The molecule has 1 aliphatic heterocycles. The van der Waals surface area contributed by atoms with Crippen molar-refractivity contribution >= 4 is 28.2 Å². The van der Waals surface area contributed by atoms with E-state index < -0.39 is 0 Å². The summed E-state index contributed by atoms with van der Waals surface area (Å²) in [6.45, 7) is 13.2. The second-order valence-corrected chi connectivity index (χ2v) is 6.08. The molecule has 1 aliphatic rings. The quantitative estimate of drug-likeness (QED) is 0.462. The molecule has 1 saturated heterocycles. The van der Waals surface area contributed by atoms with E-state index in [0.717, 1.165) is 24.0 Å². The molecule has 1 heterocycles. The molecule has 0 aliphatic carbocycles. The number of halogens is 1. The third-order valence-corrected chi connectivity index (χ3v) is 4.23. The van der Waals surface area contributed by atoms with Crippen molar-refractivity contribution in [2.24, 2.45) is 0 Å². The topological polar surface area (TPSA) is 49.4 Å². The van der Waals surface area contributed by atoms with Gasteiger partial charge in [-0.05, 0) is 37.1 Å². The van der Waals surface area contributed by atoms with Gasteiger partial charge in [0.2, 0.25) is 12.3 Å². The van der Waals surface area contributed by atoms with Gasteiger partial charge in [-0.1, -0.05) is 55.4 Å². The molecule has 2 unspecified atom stereocenters. The van der Waals surface area contributed by atoms with Crippen molar-refractivity contribution in [2.75, 3.05) is 13.1 Å². The van der Waals surface area contributed by atoms with Gasteiger partial charge in [-0.3, -0.25) is 9.59 Å². The minimum absolute atomic E-state index is 0.0286. The van der Waals surface area contributed by atoms with E-state index >= 15 is 0 Å². The fourth-order valence-electron chi connectivity index (χ4n) is 2.32. The third kappa shape index (κ3) is 6.87. The van der Waals surface area contributed by atoms with Crippen LogP contribution in [0, 0.1) is 0 Å². The van der Waals surface area contributed by atoms with Crippen molar-refractivity contribution < 1.29 is 9.59 Å². The first-order valence-corrected chi connectivity index (χ1v) is 9.20. The molecule has 0 bridgehead atoms. The highest BCUT2D eigenvalue weighted by Gasteiger charge is 2.38. The molecule has 24 heavy (non-hydrogen) atoms. The van der Waals surface area contributed by atoms with Crippen molar-refractivity contribution in [3.63, 3.8) is 0 Å². The van der Waals surface area contributed by atoms with Gasteiger partial charge in [-0.25, -0.2) is 0 Å². The largest absolute Gasteiger partial charge is 0.359 e. The molecule has 0 spiro atoms. The van der Waals surface area contributed by atoms with Gasteiger partial charge in [0.25, 0.3) is 0 Å². The summed E-state index contributed by atoms with van der Waals surface area (Å²) < 4.78 is 1.09. The maximum Gasteiger partial charge on any atom is 0.246 e. The first-order valence-electron chi connectivity index (χ1n) is 8.40. The zero-order valence-corrected chi connectivity index (χ0v) is 16.7. The van der Waals surface area contributed by atoms with Gasteiger partial charge in [-0.2, -0.15) is 0 Å². The molecule has 0 radical (unpaired) electrons. The molecular formula is C19H29BrN2O2. The summed E-state index contributed by atoms with van der Waals surface area (Å²) >= 11 is 3.42. The zero-order chi connectivity index (χ0) is 18.5. The van der Waals surface area contributed by atoms with Gasteiger partial charge < -0.3 is 10.2 Å². The predicted molar refractivity (Wildman–Crippen MR) is 104 cm³/mol. The van der Waals surface area contributed by atoms with E-state index in [1.54, 1.807) is 0 Å². The van der Waals surface area contributed by atoms with E-state index in [1.807, 2.05) is 37.8 Å². The van der Waals surface area contributed by atoms with Crippen molar-refractivity contribution in [3.05, 3.63) is 47.0 Å². The van der Waals surface area contributed by atoms with Crippen molar-refractivity contribution in [2.45, 2.75) is 46.1 Å². The monoisotopic (exact) mass is 396 g/mol. The van der Waals surface area contributed by atoms with Crippen LogP contribution in [0.5, 0.6) is 0 Å². The standard InChI is InChI=1S/C13H14BrNO.C4H9NO.C2H6/c1-3-13(16)15-8-12(9(15)2)10-4-6-11(14)7-5-10;1-2-3-5-4-6;1-2/h3-7,9,12H,1,8H2,2H3;4H,2-3H2,1H3,(H,5,6);1-2H3. The smallest absolute Gasteiger partial charge is 0.246 e. The number of amides is 2. The van der Waals surface area contributed by atoms with Crippen LogP contribution in [0.25, 0.3) is 0 Å². The molecule has 1 N–H and O–H groups in total. The van der Waals surface area contributed by atoms with E-state index in [9.17, 15) is 9.59 Å². The van der Waals surface area contributed by atoms with Crippen molar-refractivity contribution in [1.29, 1.82) is 0 Å². The molecule has 1 fully saturated rings. The number of hydrogen-bond donors (Lipinski definition) is 1. The fraction of sp³-hybridized carbons (Fsp3) is 0.474. The van der Waals surface area contributed by atoms with Gasteiger partial charge in [0.1, 0.15) is 0 Å². The molecule has 2 rings (SSSR count). The Kier molecular flexibility index (Phi) is 11.9. The number of carbonyl (C=O) groups excluding carboxylic acids is 2. The zero-order valence-electron chi connectivity index (χ0n) is 15.1. The van der Waals surface area contributed by atoms with Gasteiger partial charge in [0, 0.05) is 29.5 Å². The number of hydrogen-bond acceptors (Lipinski definition) is 2. The Balaban J connectivity index is 0.000000563. The minimum atomic E-state index is 0.0286. The molecule has 2 amide bonds. The lowest BCUT2D eigenvalue weighted by Gasteiger charge is -2.46. The Morgan fingerprint density at radius 3 is 2.33 bits per heavy atom. The van der Waals surface area contributed by atoms with Crippen LogP contribution in [-0.2, 0) is 9.59 Å². The highest BCUT2D eigenvalue weighted by molar-refractivity contribution is 9.10. The summed E-state index contributed by atoms with van der Waals surface area (Å²) in [5.41, 5.74) is 1.30. The third-order valence-electron chi connectivity index (χ3n) is 3.70. The summed E-state index contributed by atoms with van der Waals surface area (Å²) in [5.74, 6) is 0.484. The number of rotatable bonds is 5. The first kappa shape index (κ1) is 22.4. The van der Waals surface area contributed by atoms with Crippen molar-refractivity contribution in [3.8, 4) is 0 Å². The highest BCUT2D eigenvalue weighted by atomic mass is 79.9. The molecule has 1 aromatic rings. The van der Waals surface area contributed by atoms with E-state index in [0.29, 0.717) is 12.3 Å². The molecule has 0 saturated carbocycles. The normalized spacial score (nSPS) is 18.0. The van der Waals surface area contributed by atoms with Crippen LogP contribution in [0.3, 0.4) is 0 Å². The fourth-order valence-corrected chi connectivity index (χ4v) is 2.58. The van der Waals surface area contributed by atoms with E-state index in [4.69, 9.17) is 0 Å². The van der Waals surface area contributed by atoms with E-state index in [1.165, 1.54) is 11.6 Å². The van der Waals surface area contributed by atoms with Crippen LogP contribution >= 0.6 is 15.9 Å². The molecule has 2 atom stereocenters. The maximum atomic E-state index is 11.4. The SMILES string of the molecule is C=CC(=O)N1CC(c2ccc(Br)cc2)C1C.CC.CCCNC=O. The Morgan fingerprint density at radius 1 is 1.38 bits per heavy atom. The van der Waals surface area contributed by atoms with Crippen LogP contribution in [0.15, 0.2) is 41.4 Å². The second-order valence-electron chi connectivity index (χ2n) is 5.17. The van der Waals surface area contributed by atoms with E-state index in [-0.39, 0.29) is 11.9 Å². The first-order chi connectivity index (χ1) is 11.5. The lowest BCUT2D eigenvalue weighted by Crippen LogP contribution is -2.55. The van der Waals surface area contributed by atoms with Crippen LogP contribution in [-0.4, -0.2) is 36.3 Å². The molecule has 134 valence electrons.